The summed E-state index contributed by atoms with van der Waals surface area (Å²) in [4.78, 5) is 26.1. The monoisotopic (exact) mass is 472 g/mol. The summed E-state index contributed by atoms with van der Waals surface area (Å²) in [6.45, 7) is 0.397. The highest BCUT2D eigenvalue weighted by atomic mass is 32.1. The largest absolute Gasteiger partial charge is 0.507 e. The molecule has 2 aromatic heterocycles. The maximum atomic E-state index is 13.0. The summed E-state index contributed by atoms with van der Waals surface area (Å²) in [6, 6.07) is 19.7. The van der Waals surface area contributed by atoms with Crippen molar-refractivity contribution in [2.75, 3.05) is 5.32 Å². The maximum Gasteiger partial charge on any atom is 0.342 e. The number of phenols is 1. The van der Waals surface area contributed by atoms with Crippen LogP contribution in [0.1, 0.15) is 46.1 Å². The van der Waals surface area contributed by atoms with Gasteiger partial charge in [0, 0.05) is 23.7 Å². The first-order valence-electron chi connectivity index (χ1n) is 11.2. The van der Waals surface area contributed by atoms with Crippen LogP contribution in [0, 0.1) is 0 Å². The minimum atomic E-state index is -0.307. The molecule has 1 aliphatic rings. The molecule has 5 rings (SSSR count). The number of hydrogen-bond acceptors (Lipinski definition) is 5. The summed E-state index contributed by atoms with van der Waals surface area (Å²) in [7, 11) is 0. The summed E-state index contributed by atoms with van der Waals surface area (Å²) < 4.78 is 1.42. The zero-order chi connectivity index (χ0) is 23.5. The summed E-state index contributed by atoms with van der Waals surface area (Å²) in [5.41, 5.74) is 3.32. The number of phenolic OH excluding ortho intramolecular Hbond substituents is 1. The number of benzene rings is 2. The Bertz CT molecular complexity index is 1310. The molecule has 0 radical (unpaired) electrons. The van der Waals surface area contributed by atoms with Crippen molar-refractivity contribution < 1.29 is 14.7 Å². The Labute approximate surface area is 201 Å². The maximum absolute atomic E-state index is 13.0. The number of nitrogens with zero attached hydrogens (tertiary/aromatic N) is 2. The van der Waals surface area contributed by atoms with Crippen molar-refractivity contribution in [3.05, 3.63) is 88.2 Å². The van der Waals surface area contributed by atoms with E-state index in [0.717, 1.165) is 30.5 Å². The summed E-state index contributed by atoms with van der Waals surface area (Å²) in [5.74, 6) is 0.0730. The quantitative estimate of drug-likeness (QED) is 0.319. The van der Waals surface area contributed by atoms with Gasteiger partial charge in [0.05, 0.1) is 16.3 Å². The van der Waals surface area contributed by atoms with Crippen molar-refractivity contribution >= 4 is 29.0 Å². The molecule has 0 saturated heterocycles. The molecule has 1 fully saturated rings. The lowest BCUT2D eigenvalue weighted by molar-refractivity contribution is 0.103. The Balaban J connectivity index is 1.41. The molecule has 0 unspecified atom stereocenters. The van der Waals surface area contributed by atoms with Gasteiger partial charge in [-0.3, -0.25) is 4.79 Å². The van der Waals surface area contributed by atoms with Crippen LogP contribution in [0.3, 0.4) is 0 Å². The Hall–Kier alpha value is -3.91. The van der Waals surface area contributed by atoms with Crippen molar-refractivity contribution in [3.63, 3.8) is 0 Å². The molecule has 0 atom stereocenters. The molecular weight excluding hydrogens is 448 g/mol. The third kappa shape index (κ3) is 4.58. The van der Waals surface area contributed by atoms with Gasteiger partial charge in [0.2, 0.25) is 0 Å². The van der Waals surface area contributed by atoms with E-state index in [4.69, 9.17) is 0 Å². The SMILES string of the molecule is O=C(Nc1ccc(O)c(-c2cc(C3CCC3)n(C(=O)NCc3ccccc3)n2)c1)c1cccs1. The van der Waals surface area contributed by atoms with Crippen molar-refractivity contribution in [1.82, 2.24) is 15.1 Å². The van der Waals surface area contributed by atoms with Crippen LogP contribution < -0.4 is 10.6 Å². The van der Waals surface area contributed by atoms with Crippen LogP contribution in [-0.4, -0.2) is 26.8 Å². The number of amides is 2. The van der Waals surface area contributed by atoms with Crippen LogP contribution >= 0.6 is 11.3 Å². The zero-order valence-corrected chi connectivity index (χ0v) is 19.2. The zero-order valence-electron chi connectivity index (χ0n) is 18.4. The van der Waals surface area contributed by atoms with E-state index in [2.05, 4.69) is 15.7 Å². The lowest BCUT2D eigenvalue weighted by Gasteiger charge is -2.25. The van der Waals surface area contributed by atoms with Gasteiger partial charge in [0.15, 0.2) is 0 Å². The van der Waals surface area contributed by atoms with E-state index in [-0.39, 0.29) is 23.6 Å². The third-order valence-electron chi connectivity index (χ3n) is 6.01. The first-order valence-corrected chi connectivity index (χ1v) is 12.1. The molecule has 2 heterocycles. The van der Waals surface area contributed by atoms with E-state index in [1.54, 1.807) is 18.2 Å². The Morgan fingerprint density at radius 2 is 1.88 bits per heavy atom. The molecule has 2 amide bonds. The minimum absolute atomic E-state index is 0.0311. The van der Waals surface area contributed by atoms with Crippen molar-refractivity contribution in [3.8, 4) is 17.0 Å². The number of aromatic hydroxyl groups is 1. The van der Waals surface area contributed by atoms with Crippen molar-refractivity contribution in [2.24, 2.45) is 0 Å². The number of aromatic nitrogens is 2. The molecule has 4 aromatic rings. The van der Waals surface area contributed by atoms with Gasteiger partial charge in [-0.1, -0.05) is 42.8 Å². The van der Waals surface area contributed by atoms with Crippen LogP contribution in [0.25, 0.3) is 11.3 Å². The molecule has 7 nitrogen and oxygen atoms in total. The molecular formula is C26H24N4O3S. The topological polar surface area (TPSA) is 96.2 Å². The predicted molar refractivity (Wildman–Crippen MR) is 132 cm³/mol. The molecule has 8 heteroatoms. The van der Waals surface area contributed by atoms with Gasteiger partial charge >= 0.3 is 6.03 Å². The molecule has 2 aromatic carbocycles. The van der Waals surface area contributed by atoms with E-state index in [1.807, 2.05) is 47.8 Å². The number of carbonyl (C=O) groups excluding carboxylic acids is 2. The number of carbonyl (C=O) groups is 2. The number of hydrogen-bond donors (Lipinski definition) is 3. The van der Waals surface area contributed by atoms with Crippen molar-refractivity contribution in [1.29, 1.82) is 0 Å². The van der Waals surface area contributed by atoms with Gasteiger partial charge in [0.1, 0.15) is 5.75 Å². The normalized spacial score (nSPS) is 13.3. The second-order valence-corrected chi connectivity index (χ2v) is 9.25. The average molecular weight is 473 g/mol. The van der Waals surface area contributed by atoms with Gasteiger partial charge in [-0.05, 0) is 54.1 Å². The van der Waals surface area contributed by atoms with E-state index in [9.17, 15) is 14.7 Å². The standard InChI is InChI=1S/C26H24N4O3S/c31-23-12-11-19(28-25(32)24-10-5-13-34-24)14-20(23)21-15-22(18-8-4-9-18)30(29-21)26(33)27-16-17-6-2-1-3-7-17/h1-3,5-7,10-15,18,31H,4,8-9,16H2,(H,27,33)(H,28,32). The number of rotatable bonds is 6. The van der Waals surface area contributed by atoms with E-state index in [1.165, 1.54) is 22.1 Å². The smallest absolute Gasteiger partial charge is 0.342 e. The molecule has 0 spiro atoms. The van der Waals surface area contributed by atoms with Gasteiger partial charge in [-0.2, -0.15) is 9.78 Å². The number of thiophene rings is 1. The highest BCUT2D eigenvalue weighted by molar-refractivity contribution is 7.12. The molecule has 34 heavy (non-hydrogen) atoms. The fraction of sp³-hybridized carbons (Fsp3) is 0.192. The van der Waals surface area contributed by atoms with Crippen LogP contribution in [0.4, 0.5) is 10.5 Å². The summed E-state index contributed by atoms with van der Waals surface area (Å²) in [5, 5.41) is 22.7. The first-order chi connectivity index (χ1) is 16.6. The van der Waals surface area contributed by atoms with E-state index < -0.39 is 0 Å². The van der Waals surface area contributed by atoms with E-state index in [0.29, 0.717) is 28.4 Å². The number of nitrogens with one attached hydrogen (secondary N) is 2. The molecule has 172 valence electrons. The van der Waals surface area contributed by atoms with Gasteiger partial charge in [-0.15, -0.1) is 11.3 Å². The van der Waals surface area contributed by atoms with Crippen LogP contribution in [-0.2, 0) is 6.54 Å². The van der Waals surface area contributed by atoms with Crippen LogP contribution in [0.5, 0.6) is 5.75 Å². The Kier molecular flexibility index (Phi) is 6.14. The molecule has 3 N–H and O–H groups in total. The van der Waals surface area contributed by atoms with E-state index >= 15 is 0 Å². The Morgan fingerprint density at radius 3 is 2.59 bits per heavy atom. The fourth-order valence-corrected chi connectivity index (χ4v) is 4.57. The molecule has 1 aliphatic carbocycles. The molecule has 0 aliphatic heterocycles. The summed E-state index contributed by atoms with van der Waals surface area (Å²) >= 11 is 1.36. The van der Waals surface area contributed by atoms with Crippen LogP contribution in [0.2, 0.25) is 0 Å². The van der Waals surface area contributed by atoms with Gasteiger partial charge in [0.25, 0.3) is 5.91 Å². The average Bonchev–Trinajstić information content (AvgIpc) is 3.49. The summed E-state index contributed by atoms with van der Waals surface area (Å²) in [6.07, 6.45) is 3.12. The fourth-order valence-electron chi connectivity index (χ4n) is 3.95. The lowest BCUT2D eigenvalue weighted by Crippen LogP contribution is -2.31. The Morgan fingerprint density at radius 1 is 1.06 bits per heavy atom. The van der Waals surface area contributed by atoms with Gasteiger partial charge < -0.3 is 15.7 Å². The highest BCUT2D eigenvalue weighted by Crippen LogP contribution is 2.39. The molecule has 0 bridgehead atoms. The predicted octanol–water partition coefficient (Wildman–Crippen LogP) is 5.59. The second kappa shape index (κ2) is 9.52. The second-order valence-electron chi connectivity index (χ2n) is 8.30. The number of anilines is 1. The highest BCUT2D eigenvalue weighted by Gasteiger charge is 2.27. The van der Waals surface area contributed by atoms with Crippen molar-refractivity contribution in [2.45, 2.75) is 31.7 Å². The third-order valence-corrected chi connectivity index (χ3v) is 6.88. The van der Waals surface area contributed by atoms with Crippen LogP contribution in [0.15, 0.2) is 72.1 Å². The first kappa shape index (κ1) is 21.9. The lowest BCUT2D eigenvalue weighted by atomic mass is 9.82. The van der Waals surface area contributed by atoms with Gasteiger partial charge in [-0.25, -0.2) is 4.79 Å². The molecule has 1 saturated carbocycles. The minimum Gasteiger partial charge on any atom is -0.507 e.